The van der Waals surface area contributed by atoms with Crippen molar-refractivity contribution in [2.45, 2.75) is 46.7 Å². The predicted octanol–water partition coefficient (Wildman–Crippen LogP) is 2.77. The highest BCUT2D eigenvalue weighted by Gasteiger charge is 2.29. The Bertz CT molecular complexity index is 889. The molecule has 0 spiro atoms. The summed E-state index contributed by atoms with van der Waals surface area (Å²) >= 11 is 0. The van der Waals surface area contributed by atoms with E-state index in [0.717, 1.165) is 17.0 Å². The Labute approximate surface area is 171 Å². The summed E-state index contributed by atoms with van der Waals surface area (Å²) in [4.78, 5) is 37.2. The van der Waals surface area contributed by atoms with Gasteiger partial charge in [0.15, 0.2) is 0 Å². The van der Waals surface area contributed by atoms with E-state index >= 15 is 0 Å². The summed E-state index contributed by atoms with van der Waals surface area (Å²) in [6.07, 6.45) is 0. The maximum Gasteiger partial charge on any atom is 0.326 e. The van der Waals surface area contributed by atoms with E-state index in [1.165, 1.54) is 18.7 Å². The van der Waals surface area contributed by atoms with Crippen molar-refractivity contribution < 1.29 is 19.5 Å². The molecule has 0 aliphatic carbocycles. The van der Waals surface area contributed by atoms with Crippen molar-refractivity contribution in [3.63, 3.8) is 0 Å². The van der Waals surface area contributed by atoms with Crippen molar-refractivity contribution in [2.75, 3.05) is 13.1 Å². The van der Waals surface area contributed by atoms with Crippen LogP contribution in [-0.2, 0) is 9.59 Å². The van der Waals surface area contributed by atoms with E-state index in [1.54, 1.807) is 6.07 Å². The number of carbonyl (C=O) groups excluding carboxylic acids is 2. The van der Waals surface area contributed by atoms with Crippen molar-refractivity contribution in [3.05, 3.63) is 58.9 Å². The fourth-order valence-electron chi connectivity index (χ4n) is 3.58. The minimum Gasteiger partial charge on any atom is -0.480 e. The first-order valence-corrected chi connectivity index (χ1v) is 9.66. The molecule has 2 aromatic rings. The highest BCUT2D eigenvalue weighted by atomic mass is 16.4. The minimum atomic E-state index is -1.09. The molecular weight excluding hydrogens is 370 g/mol. The van der Waals surface area contributed by atoms with E-state index in [1.807, 2.05) is 44.2 Å². The lowest BCUT2D eigenvalue weighted by Gasteiger charge is -2.27. The molecule has 29 heavy (non-hydrogen) atoms. The molecule has 1 aromatic heterocycles. The van der Waals surface area contributed by atoms with E-state index in [-0.39, 0.29) is 30.9 Å². The van der Waals surface area contributed by atoms with Crippen LogP contribution < -0.4 is 5.32 Å². The Morgan fingerprint density at radius 2 is 1.76 bits per heavy atom. The van der Waals surface area contributed by atoms with Crippen LogP contribution in [0.4, 0.5) is 0 Å². The van der Waals surface area contributed by atoms with Crippen LogP contribution in [0.25, 0.3) is 0 Å². The Balaban J connectivity index is 2.36. The van der Waals surface area contributed by atoms with E-state index < -0.39 is 12.0 Å². The predicted molar refractivity (Wildman–Crippen MR) is 111 cm³/mol. The number of aryl methyl sites for hydroxylation is 1. The summed E-state index contributed by atoms with van der Waals surface area (Å²) in [5.41, 5.74) is 3.30. The number of nitrogens with zero attached hydrogens (tertiary/aromatic N) is 2. The second-order valence-electron chi connectivity index (χ2n) is 7.24. The number of nitrogens with one attached hydrogen (secondary N) is 1. The summed E-state index contributed by atoms with van der Waals surface area (Å²) in [7, 11) is 0. The molecule has 1 aromatic carbocycles. The minimum absolute atomic E-state index is 0.0301. The molecule has 2 N–H and O–H groups in total. The summed E-state index contributed by atoms with van der Waals surface area (Å²) in [6, 6.07) is 10.8. The molecule has 0 bridgehead atoms. The van der Waals surface area contributed by atoms with Crippen LogP contribution in [0.2, 0.25) is 0 Å². The number of aliphatic carboxylic acids is 1. The fourth-order valence-corrected chi connectivity index (χ4v) is 3.58. The number of carboxylic acid groups (broad SMARTS) is 1. The van der Waals surface area contributed by atoms with Gasteiger partial charge in [0.2, 0.25) is 5.91 Å². The Kier molecular flexibility index (Phi) is 7.20. The summed E-state index contributed by atoms with van der Waals surface area (Å²) in [6.45, 7) is 9.04. The van der Waals surface area contributed by atoms with Crippen molar-refractivity contribution in [1.29, 1.82) is 0 Å². The summed E-state index contributed by atoms with van der Waals surface area (Å²) < 4.78 is 2.08. The number of aromatic nitrogens is 1. The zero-order valence-electron chi connectivity index (χ0n) is 17.6. The van der Waals surface area contributed by atoms with Gasteiger partial charge in [-0.2, -0.15) is 0 Å². The zero-order chi connectivity index (χ0) is 21.7. The summed E-state index contributed by atoms with van der Waals surface area (Å²) in [5.74, 6) is -1.67. The number of rotatable bonds is 8. The highest BCUT2D eigenvalue weighted by molar-refractivity contribution is 5.98. The number of carboxylic acids is 1. The standard InChI is InChI=1S/C22H29N3O4/c1-14-13-20(16(3)25(14)15(2)19-9-7-6-8-10-19)21(27)24(17(4)22(28)29)12-11-23-18(5)26/h6-10,13,15,17H,11-12H2,1-5H3,(H,23,26)(H,28,29). The topological polar surface area (TPSA) is 91.6 Å². The maximum atomic E-state index is 13.2. The molecule has 0 radical (unpaired) electrons. The van der Waals surface area contributed by atoms with Gasteiger partial charge in [-0.1, -0.05) is 30.3 Å². The monoisotopic (exact) mass is 399 g/mol. The zero-order valence-corrected chi connectivity index (χ0v) is 17.6. The molecule has 7 heteroatoms. The second-order valence-corrected chi connectivity index (χ2v) is 7.24. The van der Waals surface area contributed by atoms with Crippen LogP contribution in [0.1, 0.15) is 54.1 Å². The van der Waals surface area contributed by atoms with Gasteiger partial charge in [-0.3, -0.25) is 9.59 Å². The molecule has 0 saturated heterocycles. The molecule has 2 atom stereocenters. The quantitative estimate of drug-likeness (QED) is 0.714. The van der Waals surface area contributed by atoms with Crippen molar-refractivity contribution in [3.8, 4) is 0 Å². The Hall–Kier alpha value is -3.09. The number of amides is 2. The third-order valence-corrected chi connectivity index (χ3v) is 5.20. The van der Waals surface area contributed by atoms with E-state index in [4.69, 9.17) is 0 Å². The van der Waals surface area contributed by atoms with Crippen molar-refractivity contribution >= 4 is 17.8 Å². The van der Waals surface area contributed by atoms with Crippen LogP contribution in [0.15, 0.2) is 36.4 Å². The molecular formula is C22H29N3O4. The third kappa shape index (κ3) is 5.04. The molecule has 0 saturated carbocycles. The Morgan fingerprint density at radius 3 is 2.31 bits per heavy atom. The lowest BCUT2D eigenvalue weighted by atomic mass is 10.1. The van der Waals surface area contributed by atoms with Gasteiger partial charge in [0.05, 0.1) is 11.6 Å². The van der Waals surface area contributed by atoms with Crippen LogP contribution in [0, 0.1) is 13.8 Å². The van der Waals surface area contributed by atoms with E-state index in [2.05, 4.69) is 16.8 Å². The number of hydrogen-bond donors (Lipinski definition) is 2. The molecule has 2 unspecified atom stereocenters. The molecule has 0 fully saturated rings. The molecule has 2 rings (SSSR count). The largest absolute Gasteiger partial charge is 0.480 e. The molecule has 7 nitrogen and oxygen atoms in total. The van der Waals surface area contributed by atoms with Gasteiger partial charge in [-0.15, -0.1) is 0 Å². The molecule has 156 valence electrons. The first-order chi connectivity index (χ1) is 13.6. The van der Waals surface area contributed by atoms with Crippen LogP contribution in [0.5, 0.6) is 0 Å². The average Bonchev–Trinajstić information content (AvgIpc) is 2.98. The van der Waals surface area contributed by atoms with Gasteiger partial charge >= 0.3 is 5.97 Å². The van der Waals surface area contributed by atoms with Gasteiger partial charge in [-0.05, 0) is 39.3 Å². The van der Waals surface area contributed by atoms with Crippen LogP contribution in [0.3, 0.4) is 0 Å². The van der Waals surface area contributed by atoms with Gasteiger partial charge in [0.25, 0.3) is 5.91 Å². The first kappa shape index (κ1) is 22.2. The maximum absolute atomic E-state index is 13.2. The normalized spacial score (nSPS) is 12.9. The number of hydrogen-bond acceptors (Lipinski definition) is 3. The molecule has 2 amide bonds. The SMILES string of the molecule is CC(=O)NCCN(C(=O)c1cc(C)n(C(C)c2ccccc2)c1C)C(C)C(=O)O. The number of carbonyl (C=O) groups is 3. The van der Waals surface area contributed by atoms with E-state index in [9.17, 15) is 19.5 Å². The second kappa shape index (κ2) is 9.41. The fraction of sp³-hybridized carbons (Fsp3) is 0.409. The van der Waals surface area contributed by atoms with Gasteiger partial charge in [0, 0.05) is 31.4 Å². The smallest absolute Gasteiger partial charge is 0.326 e. The lowest BCUT2D eigenvalue weighted by Crippen LogP contribution is -2.46. The van der Waals surface area contributed by atoms with Crippen LogP contribution in [-0.4, -0.2) is 51.5 Å². The summed E-state index contributed by atoms with van der Waals surface area (Å²) in [5, 5.41) is 12.1. The van der Waals surface area contributed by atoms with Crippen molar-refractivity contribution in [2.24, 2.45) is 0 Å². The number of benzene rings is 1. The lowest BCUT2D eigenvalue weighted by molar-refractivity contribution is -0.141. The van der Waals surface area contributed by atoms with Crippen molar-refractivity contribution in [1.82, 2.24) is 14.8 Å². The van der Waals surface area contributed by atoms with Crippen LogP contribution >= 0.6 is 0 Å². The van der Waals surface area contributed by atoms with Gasteiger partial charge < -0.3 is 19.9 Å². The van der Waals surface area contributed by atoms with Gasteiger partial charge in [0.1, 0.15) is 6.04 Å². The van der Waals surface area contributed by atoms with Gasteiger partial charge in [-0.25, -0.2) is 4.79 Å². The molecule has 1 heterocycles. The third-order valence-electron chi connectivity index (χ3n) is 5.20. The Morgan fingerprint density at radius 1 is 1.14 bits per heavy atom. The highest BCUT2D eigenvalue weighted by Crippen LogP contribution is 2.26. The first-order valence-electron chi connectivity index (χ1n) is 9.66. The molecule has 0 aliphatic heterocycles. The van der Waals surface area contributed by atoms with E-state index in [0.29, 0.717) is 5.56 Å². The molecule has 0 aliphatic rings. The average molecular weight is 399 g/mol.